The lowest BCUT2D eigenvalue weighted by Gasteiger charge is -2.15. The van der Waals surface area contributed by atoms with Gasteiger partial charge in [0, 0.05) is 23.2 Å². The number of halogens is 1. The Kier molecular flexibility index (Phi) is 6.32. The molecule has 0 bridgehead atoms. The Morgan fingerprint density at radius 1 is 1.28 bits per heavy atom. The minimum atomic E-state index is -0.532. The van der Waals surface area contributed by atoms with Crippen LogP contribution >= 0.6 is 11.6 Å². The van der Waals surface area contributed by atoms with E-state index in [1.54, 1.807) is 12.1 Å². The summed E-state index contributed by atoms with van der Waals surface area (Å²) >= 11 is 5.85. The van der Waals surface area contributed by atoms with E-state index in [0.29, 0.717) is 10.8 Å². The molecule has 2 N–H and O–H groups in total. The van der Waals surface area contributed by atoms with Crippen LogP contribution in [0.15, 0.2) is 42.5 Å². The van der Waals surface area contributed by atoms with Crippen molar-refractivity contribution in [1.82, 2.24) is 5.32 Å². The SMILES string of the molecule is COc1ccc([N+](=O)[O-])cc1NC(=O)CN[C@@H](C)c1ccc(Cl)cc1. The quantitative estimate of drug-likeness (QED) is 0.579. The van der Waals surface area contributed by atoms with Crippen LogP contribution in [0, 0.1) is 10.1 Å². The van der Waals surface area contributed by atoms with E-state index < -0.39 is 4.92 Å². The number of nitro benzene ring substituents is 1. The first-order chi connectivity index (χ1) is 11.9. The van der Waals surface area contributed by atoms with Gasteiger partial charge in [0.25, 0.3) is 5.69 Å². The molecule has 8 heteroatoms. The van der Waals surface area contributed by atoms with Gasteiger partial charge in [0.15, 0.2) is 0 Å². The average molecular weight is 364 g/mol. The number of carbonyl (C=O) groups excluding carboxylic acids is 1. The van der Waals surface area contributed by atoms with E-state index in [2.05, 4.69) is 10.6 Å². The Balaban J connectivity index is 1.99. The predicted molar refractivity (Wildman–Crippen MR) is 96.1 cm³/mol. The molecular formula is C17H18ClN3O4. The Hall–Kier alpha value is -2.64. The van der Waals surface area contributed by atoms with Gasteiger partial charge in [-0.25, -0.2) is 0 Å². The summed E-state index contributed by atoms with van der Waals surface area (Å²) in [4.78, 5) is 22.5. The van der Waals surface area contributed by atoms with Crippen molar-refractivity contribution >= 4 is 28.9 Å². The first-order valence-corrected chi connectivity index (χ1v) is 7.89. The number of amides is 1. The summed E-state index contributed by atoms with van der Waals surface area (Å²) in [6.07, 6.45) is 0. The van der Waals surface area contributed by atoms with Crippen molar-refractivity contribution in [3.8, 4) is 5.75 Å². The zero-order valence-corrected chi connectivity index (χ0v) is 14.5. The van der Waals surface area contributed by atoms with Crippen molar-refractivity contribution in [1.29, 1.82) is 0 Å². The third-order valence-corrected chi connectivity index (χ3v) is 3.86. The number of benzene rings is 2. The van der Waals surface area contributed by atoms with E-state index in [-0.39, 0.29) is 29.9 Å². The second kappa shape index (κ2) is 8.46. The molecule has 7 nitrogen and oxygen atoms in total. The van der Waals surface area contributed by atoms with Gasteiger partial charge in [0.1, 0.15) is 5.75 Å². The number of nitrogens with zero attached hydrogens (tertiary/aromatic N) is 1. The lowest BCUT2D eigenvalue weighted by molar-refractivity contribution is -0.384. The largest absolute Gasteiger partial charge is 0.495 e. The Morgan fingerprint density at radius 2 is 1.96 bits per heavy atom. The van der Waals surface area contributed by atoms with Gasteiger partial charge in [-0.1, -0.05) is 23.7 Å². The van der Waals surface area contributed by atoms with Crippen LogP contribution in [0.4, 0.5) is 11.4 Å². The molecule has 0 fully saturated rings. The molecule has 0 saturated carbocycles. The van der Waals surface area contributed by atoms with Gasteiger partial charge < -0.3 is 15.4 Å². The summed E-state index contributed by atoms with van der Waals surface area (Å²) in [6, 6.07) is 11.3. The van der Waals surface area contributed by atoms with E-state index in [9.17, 15) is 14.9 Å². The lowest BCUT2D eigenvalue weighted by Crippen LogP contribution is -2.30. The van der Waals surface area contributed by atoms with E-state index in [1.807, 2.05) is 19.1 Å². The highest BCUT2D eigenvalue weighted by Crippen LogP contribution is 2.28. The molecule has 0 spiro atoms. The number of rotatable bonds is 7. The van der Waals surface area contributed by atoms with Crippen molar-refractivity contribution in [2.75, 3.05) is 19.0 Å². The van der Waals surface area contributed by atoms with Gasteiger partial charge in [-0.05, 0) is 30.7 Å². The summed E-state index contributed by atoms with van der Waals surface area (Å²) in [7, 11) is 1.43. The molecule has 0 radical (unpaired) electrons. The van der Waals surface area contributed by atoms with Crippen LogP contribution in [0.2, 0.25) is 5.02 Å². The fraction of sp³-hybridized carbons (Fsp3) is 0.235. The monoisotopic (exact) mass is 363 g/mol. The van der Waals surface area contributed by atoms with Gasteiger partial charge in [0.05, 0.1) is 24.3 Å². The second-order valence-electron chi connectivity index (χ2n) is 5.34. The predicted octanol–water partition coefficient (Wildman–Crippen LogP) is 3.55. The summed E-state index contributed by atoms with van der Waals surface area (Å²) < 4.78 is 5.12. The van der Waals surface area contributed by atoms with Gasteiger partial charge in [-0.15, -0.1) is 0 Å². The van der Waals surface area contributed by atoms with Gasteiger partial charge in [0.2, 0.25) is 5.91 Å². The van der Waals surface area contributed by atoms with Crippen molar-refractivity contribution in [2.45, 2.75) is 13.0 Å². The van der Waals surface area contributed by atoms with Crippen LogP contribution in [-0.2, 0) is 4.79 Å². The molecule has 2 aromatic carbocycles. The lowest BCUT2D eigenvalue weighted by atomic mass is 10.1. The van der Waals surface area contributed by atoms with E-state index in [0.717, 1.165) is 5.56 Å². The van der Waals surface area contributed by atoms with Crippen LogP contribution in [-0.4, -0.2) is 24.5 Å². The Morgan fingerprint density at radius 3 is 2.56 bits per heavy atom. The van der Waals surface area contributed by atoms with Crippen molar-refractivity contribution < 1.29 is 14.5 Å². The normalized spacial score (nSPS) is 11.6. The number of carbonyl (C=O) groups is 1. The summed E-state index contributed by atoms with van der Waals surface area (Å²) in [5, 5.41) is 17.2. The molecule has 0 aliphatic carbocycles. The molecule has 132 valence electrons. The highest BCUT2D eigenvalue weighted by atomic mass is 35.5. The number of anilines is 1. The third kappa shape index (κ3) is 5.17. The summed E-state index contributed by atoms with van der Waals surface area (Å²) in [5.41, 5.74) is 1.12. The molecular weight excluding hydrogens is 346 g/mol. The van der Waals surface area contributed by atoms with Gasteiger partial charge in [-0.3, -0.25) is 14.9 Å². The first kappa shape index (κ1) is 18.7. The molecule has 1 amide bonds. The van der Waals surface area contributed by atoms with Crippen LogP contribution in [0.3, 0.4) is 0 Å². The van der Waals surface area contributed by atoms with Crippen LogP contribution in [0.25, 0.3) is 0 Å². The zero-order valence-electron chi connectivity index (χ0n) is 13.8. The molecule has 0 aromatic heterocycles. The number of hydrogen-bond acceptors (Lipinski definition) is 5. The zero-order chi connectivity index (χ0) is 18.4. The third-order valence-electron chi connectivity index (χ3n) is 3.61. The van der Waals surface area contributed by atoms with E-state index >= 15 is 0 Å². The highest BCUT2D eigenvalue weighted by molar-refractivity contribution is 6.30. The average Bonchev–Trinajstić information content (AvgIpc) is 2.60. The van der Waals surface area contributed by atoms with Crippen LogP contribution in [0.5, 0.6) is 5.75 Å². The second-order valence-corrected chi connectivity index (χ2v) is 5.78. The minimum absolute atomic E-state index is 0.0373. The van der Waals surface area contributed by atoms with Gasteiger partial charge in [-0.2, -0.15) is 0 Å². The maximum absolute atomic E-state index is 12.1. The summed E-state index contributed by atoms with van der Waals surface area (Å²) in [5.74, 6) is 0.0179. The number of nitrogens with one attached hydrogen (secondary N) is 2. The van der Waals surface area contributed by atoms with Crippen molar-refractivity contribution in [3.63, 3.8) is 0 Å². The molecule has 25 heavy (non-hydrogen) atoms. The van der Waals surface area contributed by atoms with Gasteiger partial charge >= 0.3 is 0 Å². The van der Waals surface area contributed by atoms with E-state index in [4.69, 9.17) is 16.3 Å². The fourth-order valence-electron chi connectivity index (χ4n) is 2.22. The standard InChI is InChI=1S/C17H18ClN3O4/c1-11(12-3-5-13(18)6-4-12)19-10-17(22)20-15-9-14(21(23)24)7-8-16(15)25-2/h3-9,11,19H,10H2,1-2H3,(H,20,22)/t11-/m0/s1. The first-order valence-electron chi connectivity index (χ1n) is 7.52. The molecule has 0 unspecified atom stereocenters. The Labute approximate surface area is 150 Å². The topological polar surface area (TPSA) is 93.5 Å². The number of ether oxygens (including phenoxy) is 1. The number of methoxy groups -OCH3 is 1. The number of non-ortho nitro benzene ring substituents is 1. The minimum Gasteiger partial charge on any atom is -0.495 e. The maximum atomic E-state index is 12.1. The molecule has 0 aliphatic heterocycles. The molecule has 0 saturated heterocycles. The molecule has 2 aromatic rings. The van der Waals surface area contributed by atoms with Crippen LogP contribution < -0.4 is 15.4 Å². The molecule has 0 aliphatic rings. The van der Waals surface area contributed by atoms with E-state index in [1.165, 1.54) is 25.3 Å². The highest BCUT2D eigenvalue weighted by Gasteiger charge is 2.14. The van der Waals surface area contributed by atoms with Crippen LogP contribution in [0.1, 0.15) is 18.5 Å². The Bertz CT molecular complexity index is 765. The smallest absolute Gasteiger partial charge is 0.271 e. The number of nitro groups is 1. The summed E-state index contributed by atoms with van der Waals surface area (Å²) in [6.45, 7) is 1.96. The molecule has 2 rings (SSSR count). The van der Waals surface area contributed by atoms with Crippen molar-refractivity contribution in [2.24, 2.45) is 0 Å². The fourth-order valence-corrected chi connectivity index (χ4v) is 2.34. The number of hydrogen-bond donors (Lipinski definition) is 2. The maximum Gasteiger partial charge on any atom is 0.271 e. The molecule has 0 heterocycles. The van der Waals surface area contributed by atoms with Crippen molar-refractivity contribution in [3.05, 3.63) is 63.2 Å². The molecule has 1 atom stereocenters.